The summed E-state index contributed by atoms with van der Waals surface area (Å²) in [7, 11) is 0. The number of benzene rings is 2. The van der Waals surface area contributed by atoms with Gasteiger partial charge in [0.05, 0.1) is 6.54 Å². The molecule has 0 aliphatic carbocycles. The molecule has 0 heterocycles. The van der Waals surface area contributed by atoms with Gasteiger partial charge in [0.1, 0.15) is 0 Å². The largest absolute Gasteiger partial charge is 0.343 e. The molecular formula is C18H18F2N2O2S. The Morgan fingerprint density at radius 1 is 1.08 bits per heavy atom. The van der Waals surface area contributed by atoms with Gasteiger partial charge < -0.3 is 10.6 Å². The molecule has 0 saturated heterocycles. The molecular weight excluding hydrogens is 346 g/mol. The number of aryl methyl sites for hydroxylation is 1. The Balaban J connectivity index is 1.87. The van der Waals surface area contributed by atoms with Crippen molar-refractivity contribution in [3.8, 4) is 0 Å². The third-order valence-electron chi connectivity index (χ3n) is 3.42. The Kier molecular flexibility index (Phi) is 6.94. The van der Waals surface area contributed by atoms with Crippen LogP contribution in [0.3, 0.4) is 0 Å². The molecule has 0 radical (unpaired) electrons. The number of anilines is 1. The summed E-state index contributed by atoms with van der Waals surface area (Å²) in [5, 5.41) is 5.27. The van der Waals surface area contributed by atoms with Crippen LogP contribution in [0.4, 0.5) is 14.5 Å². The molecule has 0 aromatic heterocycles. The molecule has 0 bridgehead atoms. The van der Waals surface area contributed by atoms with Crippen molar-refractivity contribution in [1.82, 2.24) is 5.32 Å². The van der Waals surface area contributed by atoms with E-state index < -0.39 is 11.7 Å². The van der Waals surface area contributed by atoms with E-state index in [4.69, 9.17) is 0 Å². The highest BCUT2D eigenvalue weighted by atomic mass is 32.2. The zero-order valence-corrected chi connectivity index (χ0v) is 14.4. The minimum absolute atomic E-state index is 0.176. The van der Waals surface area contributed by atoms with Gasteiger partial charge in [-0.05, 0) is 42.3 Å². The van der Waals surface area contributed by atoms with E-state index in [2.05, 4.69) is 10.6 Å². The highest BCUT2D eigenvalue weighted by Gasteiger charge is 2.11. The molecule has 2 aromatic rings. The Bertz CT molecular complexity index is 736. The van der Waals surface area contributed by atoms with Gasteiger partial charge in [-0.25, -0.2) is 0 Å². The summed E-state index contributed by atoms with van der Waals surface area (Å²) in [5.41, 5.74) is 2.03. The second-order valence-corrected chi connectivity index (χ2v) is 6.21. The van der Waals surface area contributed by atoms with Crippen LogP contribution in [0.25, 0.3) is 0 Å². The third-order valence-corrected chi connectivity index (χ3v) is 4.15. The molecule has 0 aliphatic heterocycles. The van der Waals surface area contributed by atoms with Crippen LogP contribution >= 0.6 is 11.8 Å². The number of para-hydroxylation sites is 1. The molecule has 4 nitrogen and oxygen atoms in total. The third kappa shape index (κ3) is 5.86. The molecule has 0 atom stereocenters. The fourth-order valence-corrected chi connectivity index (χ4v) is 2.69. The van der Waals surface area contributed by atoms with E-state index in [1.54, 1.807) is 6.07 Å². The Morgan fingerprint density at radius 2 is 1.76 bits per heavy atom. The summed E-state index contributed by atoms with van der Waals surface area (Å²) >= 11 is 0.413. The van der Waals surface area contributed by atoms with Crippen LogP contribution in [-0.2, 0) is 11.2 Å². The Labute approximate surface area is 149 Å². The van der Waals surface area contributed by atoms with Crippen LogP contribution in [0.15, 0.2) is 53.4 Å². The number of amides is 2. The number of hydrogen-bond donors (Lipinski definition) is 2. The maximum atomic E-state index is 12.3. The van der Waals surface area contributed by atoms with Gasteiger partial charge in [0.25, 0.3) is 11.7 Å². The highest BCUT2D eigenvalue weighted by Crippen LogP contribution is 2.25. The number of alkyl halides is 2. The van der Waals surface area contributed by atoms with E-state index in [0.717, 1.165) is 17.7 Å². The van der Waals surface area contributed by atoms with E-state index >= 15 is 0 Å². The average Bonchev–Trinajstić information content (AvgIpc) is 2.60. The maximum absolute atomic E-state index is 12.3. The first kappa shape index (κ1) is 18.9. The maximum Gasteiger partial charge on any atom is 0.288 e. The normalized spacial score (nSPS) is 10.6. The average molecular weight is 364 g/mol. The lowest BCUT2D eigenvalue weighted by Gasteiger charge is -2.10. The predicted molar refractivity (Wildman–Crippen MR) is 95.1 cm³/mol. The van der Waals surface area contributed by atoms with Gasteiger partial charge in [-0.2, -0.15) is 8.78 Å². The van der Waals surface area contributed by atoms with Crippen LogP contribution in [-0.4, -0.2) is 24.1 Å². The van der Waals surface area contributed by atoms with Gasteiger partial charge >= 0.3 is 0 Å². The molecule has 0 spiro atoms. The number of carbonyl (C=O) groups is 2. The molecule has 25 heavy (non-hydrogen) atoms. The minimum atomic E-state index is -2.51. The van der Waals surface area contributed by atoms with Gasteiger partial charge in [-0.3, -0.25) is 9.59 Å². The summed E-state index contributed by atoms with van der Waals surface area (Å²) in [6.45, 7) is 1.81. The van der Waals surface area contributed by atoms with Gasteiger partial charge in [0.15, 0.2) is 0 Å². The summed E-state index contributed by atoms with van der Waals surface area (Å²) in [5.74, 6) is -3.28. The van der Waals surface area contributed by atoms with Crippen molar-refractivity contribution in [3.05, 3.63) is 59.7 Å². The van der Waals surface area contributed by atoms with Crippen LogP contribution < -0.4 is 10.6 Å². The zero-order chi connectivity index (χ0) is 18.2. The molecule has 0 fully saturated rings. The molecule has 0 aliphatic rings. The van der Waals surface area contributed by atoms with Crippen molar-refractivity contribution in [1.29, 1.82) is 0 Å². The van der Waals surface area contributed by atoms with Gasteiger partial charge in [0, 0.05) is 16.1 Å². The van der Waals surface area contributed by atoms with Crippen molar-refractivity contribution in [2.75, 3.05) is 11.9 Å². The Hall–Kier alpha value is -2.41. The first-order chi connectivity index (χ1) is 12.0. The first-order valence-electron chi connectivity index (χ1n) is 7.70. The van der Waals surface area contributed by atoms with Crippen LogP contribution in [0, 0.1) is 0 Å². The fourth-order valence-electron chi connectivity index (χ4n) is 2.20. The van der Waals surface area contributed by atoms with E-state index in [1.807, 2.05) is 25.1 Å². The predicted octanol–water partition coefficient (Wildman–Crippen LogP) is 3.93. The first-order valence-corrected chi connectivity index (χ1v) is 8.58. The molecule has 2 N–H and O–H groups in total. The topological polar surface area (TPSA) is 58.2 Å². The van der Waals surface area contributed by atoms with Crippen LogP contribution in [0.5, 0.6) is 0 Å². The van der Waals surface area contributed by atoms with E-state index in [1.165, 1.54) is 24.3 Å². The number of nitrogens with one attached hydrogen (secondary N) is 2. The molecule has 2 rings (SSSR count). The molecule has 7 heteroatoms. The van der Waals surface area contributed by atoms with Crippen molar-refractivity contribution >= 4 is 29.3 Å². The summed E-state index contributed by atoms with van der Waals surface area (Å²) < 4.78 is 24.5. The van der Waals surface area contributed by atoms with Crippen molar-refractivity contribution in [3.63, 3.8) is 0 Å². The number of thioether (sulfide) groups is 1. The summed E-state index contributed by atoms with van der Waals surface area (Å²) in [6, 6.07) is 13.2. The minimum Gasteiger partial charge on any atom is -0.343 e. The molecule has 2 amide bonds. The highest BCUT2D eigenvalue weighted by molar-refractivity contribution is 7.99. The van der Waals surface area contributed by atoms with Crippen molar-refractivity contribution in [2.45, 2.75) is 24.0 Å². The number of hydrogen-bond acceptors (Lipinski definition) is 3. The molecule has 0 saturated carbocycles. The summed E-state index contributed by atoms with van der Waals surface area (Å²) in [4.78, 5) is 24.4. The van der Waals surface area contributed by atoms with Gasteiger partial charge in [-0.1, -0.05) is 36.9 Å². The lowest BCUT2D eigenvalue weighted by Crippen LogP contribution is -2.33. The lowest BCUT2D eigenvalue weighted by atomic mass is 10.1. The van der Waals surface area contributed by atoms with E-state index in [9.17, 15) is 18.4 Å². The van der Waals surface area contributed by atoms with Crippen LogP contribution in [0.1, 0.15) is 22.8 Å². The smallest absolute Gasteiger partial charge is 0.288 e. The number of rotatable bonds is 7. The second kappa shape index (κ2) is 9.17. The second-order valence-electron chi connectivity index (χ2n) is 5.14. The summed E-state index contributed by atoms with van der Waals surface area (Å²) in [6.07, 6.45) is 0.784. The van der Waals surface area contributed by atoms with Gasteiger partial charge in [0.2, 0.25) is 5.91 Å². The van der Waals surface area contributed by atoms with Crippen molar-refractivity contribution < 1.29 is 18.4 Å². The zero-order valence-electron chi connectivity index (χ0n) is 13.6. The van der Waals surface area contributed by atoms with Crippen molar-refractivity contribution in [2.24, 2.45) is 0 Å². The molecule has 2 aromatic carbocycles. The standard InChI is InChI=1S/C18H18F2N2O2S/c1-2-12-5-3-4-6-15(12)22-16(23)11-21-17(24)13-7-9-14(10-8-13)25-18(19)20/h3-10,18H,2,11H2,1H3,(H,21,24)(H,22,23). The van der Waals surface area contributed by atoms with Gasteiger partial charge in [-0.15, -0.1) is 0 Å². The molecule has 132 valence electrons. The SMILES string of the molecule is CCc1ccccc1NC(=O)CNC(=O)c1ccc(SC(F)F)cc1. The fraction of sp³-hybridized carbons (Fsp3) is 0.222. The number of halogens is 2. The van der Waals surface area contributed by atoms with Crippen LogP contribution in [0.2, 0.25) is 0 Å². The quantitative estimate of drug-likeness (QED) is 0.732. The molecule has 0 unspecified atom stereocenters. The number of carbonyl (C=O) groups excluding carboxylic acids is 2. The van der Waals surface area contributed by atoms with E-state index in [0.29, 0.717) is 22.2 Å². The van der Waals surface area contributed by atoms with E-state index in [-0.39, 0.29) is 12.5 Å². The monoisotopic (exact) mass is 364 g/mol. The lowest BCUT2D eigenvalue weighted by molar-refractivity contribution is -0.115. The Morgan fingerprint density at radius 3 is 2.40 bits per heavy atom.